The van der Waals surface area contributed by atoms with Crippen molar-refractivity contribution in [2.45, 2.75) is 19.8 Å². The number of rotatable bonds is 9. The fraction of sp³-hybridized carbons (Fsp3) is 0.444. The first-order valence-corrected chi connectivity index (χ1v) is 8.67. The number of ether oxygens (including phenoxy) is 2. The van der Waals surface area contributed by atoms with E-state index in [-0.39, 0.29) is 37.6 Å². The van der Waals surface area contributed by atoms with Gasteiger partial charge in [0.05, 0.1) is 24.2 Å². The van der Waals surface area contributed by atoms with Crippen LogP contribution in [0.15, 0.2) is 18.2 Å². The minimum atomic E-state index is -0.520. The standard InChI is InChI=1S/C18H23N3O6/c1-3-27-15(22)7-8-19-18(25)20-12-5-6-13-14(11-12)17(24)21(16(13)23)9-4-10-26-2/h5-6,11H,3-4,7-10H2,1-2H3,(H2,19,20,25). The van der Waals surface area contributed by atoms with Crippen LogP contribution in [0, 0.1) is 0 Å². The van der Waals surface area contributed by atoms with Crippen LogP contribution in [0.1, 0.15) is 40.5 Å². The van der Waals surface area contributed by atoms with Gasteiger partial charge < -0.3 is 20.1 Å². The molecule has 0 radical (unpaired) electrons. The maximum Gasteiger partial charge on any atom is 0.319 e. The Morgan fingerprint density at radius 3 is 2.59 bits per heavy atom. The number of carbonyl (C=O) groups is 4. The largest absolute Gasteiger partial charge is 0.466 e. The fourth-order valence-electron chi connectivity index (χ4n) is 2.63. The molecule has 1 aliphatic heterocycles. The molecule has 1 heterocycles. The van der Waals surface area contributed by atoms with Gasteiger partial charge in [0.15, 0.2) is 0 Å². The van der Waals surface area contributed by atoms with Crippen LogP contribution in [0.3, 0.4) is 0 Å². The molecule has 0 atom stereocenters. The number of hydrogen-bond acceptors (Lipinski definition) is 6. The zero-order valence-electron chi connectivity index (χ0n) is 15.4. The first-order chi connectivity index (χ1) is 13.0. The van der Waals surface area contributed by atoms with E-state index in [1.165, 1.54) is 17.0 Å². The number of hydrogen-bond donors (Lipinski definition) is 2. The Kier molecular flexibility index (Phi) is 7.30. The smallest absolute Gasteiger partial charge is 0.319 e. The second-order valence-electron chi connectivity index (χ2n) is 5.80. The Balaban J connectivity index is 1.93. The molecule has 9 heteroatoms. The third-order valence-electron chi connectivity index (χ3n) is 3.88. The lowest BCUT2D eigenvalue weighted by Crippen LogP contribution is -2.31. The molecule has 27 heavy (non-hydrogen) atoms. The predicted octanol–water partition coefficient (Wildman–Crippen LogP) is 1.39. The molecule has 0 spiro atoms. The molecule has 0 unspecified atom stereocenters. The van der Waals surface area contributed by atoms with Gasteiger partial charge in [-0.15, -0.1) is 0 Å². The summed E-state index contributed by atoms with van der Waals surface area (Å²) >= 11 is 0. The van der Waals surface area contributed by atoms with E-state index >= 15 is 0 Å². The van der Waals surface area contributed by atoms with E-state index in [4.69, 9.17) is 9.47 Å². The number of amides is 4. The second-order valence-corrected chi connectivity index (χ2v) is 5.80. The van der Waals surface area contributed by atoms with E-state index in [1.807, 2.05) is 0 Å². The number of imide groups is 1. The second kappa shape index (κ2) is 9.67. The molecule has 0 aliphatic carbocycles. The zero-order chi connectivity index (χ0) is 19.8. The molecule has 0 fully saturated rings. The number of fused-ring (bicyclic) bond motifs is 1. The van der Waals surface area contributed by atoms with Gasteiger partial charge in [-0.1, -0.05) is 0 Å². The summed E-state index contributed by atoms with van der Waals surface area (Å²) in [5, 5.41) is 5.10. The fourth-order valence-corrected chi connectivity index (χ4v) is 2.63. The van der Waals surface area contributed by atoms with Gasteiger partial charge in [-0.25, -0.2) is 4.79 Å². The van der Waals surface area contributed by atoms with E-state index < -0.39 is 17.9 Å². The summed E-state index contributed by atoms with van der Waals surface area (Å²) in [5.74, 6) is -1.14. The van der Waals surface area contributed by atoms with Crippen molar-refractivity contribution in [3.05, 3.63) is 29.3 Å². The van der Waals surface area contributed by atoms with Gasteiger partial charge in [0.2, 0.25) is 0 Å². The highest BCUT2D eigenvalue weighted by Crippen LogP contribution is 2.26. The summed E-state index contributed by atoms with van der Waals surface area (Å²) in [6.07, 6.45) is 0.616. The third kappa shape index (κ3) is 5.27. The zero-order valence-corrected chi connectivity index (χ0v) is 15.4. The Morgan fingerprint density at radius 1 is 1.15 bits per heavy atom. The van der Waals surface area contributed by atoms with E-state index in [2.05, 4.69) is 10.6 Å². The molecule has 0 saturated carbocycles. The summed E-state index contributed by atoms with van der Waals surface area (Å²) in [7, 11) is 1.55. The number of benzene rings is 1. The van der Waals surface area contributed by atoms with Crippen LogP contribution in [0.5, 0.6) is 0 Å². The molecule has 2 rings (SSSR count). The molecule has 1 aromatic carbocycles. The lowest BCUT2D eigenvalue weighted by molar-refractivity contribution is -0.142. The van der Waals surface area contributed by atoms with Gasteiger partial charge in [0.1, 0.15) is 0 Å². The predicted molar refractivity (Wildman–Crippen MR) is 96.6 cm³/mol. The van der Waals surface area contributed by atoms with Crippen molar-refractivity contribution in [3.63, 3.8) is 0 Å². The van der Waals surface area contributed by atoms with Crippen LogP contribution >= 0.6 is 0 Å². The van der Waals surface area contributed by atoms with Crippen molar-refractivity contribution < 1.29 is 28.7 Å². The van der Waals surface area contributed by atoms with Crippen molar-refractivity contribution in [2.24, 2.45) is 0 Å². The number of methoxy groups -OCH3 is 1. The SMILES string of the molecule is CCOC(=O)CCNC(=O)Nc1ccc2c(c1)C(=O)N(CCCOC)C2=O. The van der Waals surface area contributed by atoms with Crippen LogP contribution < -0.4 is 10.6 Å². The number of nitrogens with zero attached hydrogens (tertiary/aromatic N) is 1. The molecular formula is C18H23N3O6. The van der Waals surface area contributed by atoms with Crippen molar-refractivity contribution >= 4 is 29.5 Å². The monoisotopic (exact) mass is 377 g/mol. The summed E-state index contributed by atoms with van der Waals surface area (Å²) in [4.78, 5) is 49.0. The Morgan fingerprint density at radius 2 is 1.89 bits per heavy atom. The highest BCUT2D eigenvalue weighted by Gasteiger charge is 2.35. The minimum Gasteiger partial charge on any atom is -0.466 e. The molecule has 9 nitrogen and oxygen atoms in total. The Bertz CT molecular complexity index is 734. The highest BCUT2D eigenvalue weighted by atomic mass is 16.5. The lowest BCUT2D eigenvalue weighted by atomic mass is 10.1. The van der Waals surface area contributed by atoms with E-state index in [9.17, 15) is 19.2 Å². The van der Waals surface area contributed by atoms with Crippen molar-refractivity contribution in [1.29, 1.82) is 0 Å². The van der Waals surface area contributed by atoms with E-state index in [0.29, 0.717) is 24.3 Å². The maximum absolute atomic E-state index is 12.4. The van der Waals surface area contributed by atoms with Gasteiger partial charge in [0.25, 0.3) is 11.8 Å². The summed E-state index contributed by atoms with van der Waals surface area (Å²) in [6, 6.07) is 4.01. The molecule has 146 valence electrons. The van der Waals surface area contributed by atoms with Crippen molar-refractivity contribution in [2.75, 3.05) is 38.7 Å². The van der Waals surface area contributed by atoms with Crippen LogP contribution in [0.4, 0.5) is 10.5 Å². The molecule has 2 N–H and O–H groups in total. The first-order valence-electron chi connectivity index (χ1n) is 8.67. The molecular weight excluding hydrogens is 354 g/mol. The summed E-state index contributed by atoms with van der Waals surface area (Å²) in [6.45, 7) is 2.84. The molecule has 1 aliphatic rings. The third-order valence-corrected chi connectivity index (χ3v) is 3.88. The normalized spacial score (nSPS) is 12.7. The average molecular weight is 377 g/mol. The molecule has 0 aromatic heterocycles. The van der Waals surface area contributed by atoms with Crippen LogP contribution in [0.25, 0.3) is 0 Å². The first kappa shape index (κ1) is 20.4. The highest BCUT2D eigenvalue weighted by molar-refractivity contribution is 6.21. The number of carbonyl (C=O) groups excluding carboxylic acids is 4. The van der Waals surface area contributed by atoms with Gasteiger partial charge in [-0.2, -0.15) is 0 Å². The molecule has 4 amide bonds. The minimum absolute atomic E-state index is 0.0644. The van der Waals surface area contributed by atoms with E-state index in [1.54, 1.807) is 20.1 Å². The topological polar surface area (TPSA) is 114 Å². The number of anilines is 1. The van der Waals surface area contributed by atoms with Crippen LogP contribution in [0.2, 0.25) is 0 Å². The number of esters is 1. The van der Waals surface area contributed by atoms with Crippen LogP contribution in [-0.4, -0.2) is 62.1 Å². The van der Waals surface area contributed by atoms with Gasteiger partial charge in [-0.05, 0) is 31.5 Å². The lowest BCUT2D eigenvalue weighted by Gasteiger charge is -2.12. The quantitative estimate of drug-likeness (QED) is 0.382. The Labute approximate surface area is 157 Å². The summed E-state index contributed by atoms with van der Waals surface area (Å²) in [5.41, 5.74) is 0.940. The van der Waals surface area contributed by atoms with Crippen molar-refractivity contribution in [3.8, 4) is 0 Å². The van der Waals surface area contributed by atoms with Gasteiger partial charge >= 0.3 is 12.0 Å². The Hall–Kier alpha value is -2.94. The van der Waals surface area contributed by atoms with Crippen molar-refractivity contribution in [1.82, 2.24) is 10.2 Å². The molecule has 0 saturated heterocycles. The van der Waals surface area contributed by atoms with Gasteiger partial charge in [-0.3, -0.25) is 19.3 Å². The van der Waals surface area contributed by atoms with Gasteiger partial charge in [0, 0.05) is 32.5 Å². The maximum atomic E-state index is 12.4. The number of nitrogens with one attached hydrogen (secondary N) is 2. The summed E-state index contributed by atoms with van der Waals surface area (Å²) < 4.78 is 9.71. The molecule has 1 aromatic rings. The van der Waals surface area contributed by atoms with Crippen LogP contribution in [-0.2, 0) is 14.3 Å². The number of urea groups is 1. The average Bonchev–Trinajstić information content (AvgIpc) is 2.86. The molecule has 0 bridgehead atoms. The van der Waals surface area contributed by atoms with E-state index in [0.717, 1.165) is 0 Å².